The molecule has 0 heterocycles. The van der Waals surface area contributed by atoms with Gasteiger partial charge in [-0.2, -0.15) is 13.2 Å². The van der Waals surface area contributed by atoms with Crippen LogP contribution < -0.4 is 15.4 Å². The molecule has 1 rings (SSSR count). The van der Waals surface area contributed by atoms with Crippen molar-refractivity contribution in [3.8, 4) is 5.75 Å². The first-order valence-electron chi connectivity index (χ1n) is 6.64. The third kappa shape index (κ3) is 7.87. The predicted molar refractivity (Wildman–Crippen MR) is 81.1 cm³/mol. The standard InChI is InChI=1S/C14H16BrF3N2O3/c1-23-11-4-2-9(6-10(11)15)3-5-12(21)19-7-13(22)20-8-14(16,17)18/h2,4,6H,3,5,7-8H2,1H3,(H,19,21)(H,20,22). The molecule has 0 unspecified atom stereocenters. The van der Waals surface area contributed by atoms with Crippen molar-refractivity contribution in [1.29, 1.82) is 0 Å². The highest BCUT2D eigenvalue weighted by molar-refractivity contribution is 9.10. The molecule has 0 spiro atoms. The number of benzene rings is 1. The molecule has 0 atom stereocenters. The second-order valence-corrected chi connectivity index (χ2v) is 5.49. The number of nitrogens with one attached hydrogen (secondary N) is 2. The van der Waals surface area contributed by atoms with Crippen LogP contribution in [0.5, 0.6) is 5.75 Å². The van der Waals surface area contributed by atoms with E-state index in [-0.39, 0.29) is 6.42 Å². The molecule has 0 aromatic heterocycles. The Morgan fingerprint density at radius 1 is 1.22 bits per heavy atom. The number of ether oxygens (including phenoxy) is 1. The number of halogens is 4. The van der Waals surface area contributed by atoms with E-state index in [2.05, 4.69) is 21.2 Å². The smallest absolute Gasteiger partial charge is 0.405 e. The van der Waals surface area contributed by atoms with Gasteiger partial charge in [0.05, 0.1) is 18.1 Å². The first kappa shape index (κ1) is 19.3. The summed E-state index contributed by atoms with van der Waals surface area (Å²) in [4.78, 5) is 22.7. The molecule has 2 N–H and O–H groups in total. The van der Waals surface area contributed by atoms with Gasteiger partial charge in [0, 0.05) is 6.42 Å². The zero-order valence-corrected chi connectivity index (χ0v) is 13.9. The molecule has 0 saturated heterocycles. The van der Waals surface area contributed by atoms with Crippen LogP contribution in [0.2, 0.25) is 0 Å². The molecule has 128 valence electrons. The van der Waals surface area contributed by atoms with Crippen molar-refractivity contribution in [3.05, 3.63) is 28.2 Å². The lowest BCUT2D eigenvalue weighted by Gasteiger charge is -2.09. The van der Waals surface area contributed by atoms with Gasteiger partial charge in [0.2, 0.25) is 11.8 Å². The summed E-state index contributed by atoms with van der Waals surface area (Å²) in [5.74, 6) is -0.637. The maximum atomic E-state index is 11.9. The van der Waals surface area contributed by atoms with E-state index in [1.54, 1.807) is 17.4 Å². The van der Waals surface area contributed by atoms with Crippen molar-refractivity contribution >= 4 is 27.7 Å². The topological polar surface area (TPSA) is 67.4 Å². The van der Waals surface area contributed by atoms with Crippen LogP contribution in [0.3, 0.4) is 0 Å². The van der Waals surface area contributed by atoms with E-state index >= 15 is 0 Å². The van der Waals surface area contributed by atoms with Crippen molar-refractivity contribution in [3.63, 3.8) is 0 Å². The number of hydrogen-bond donors (Lipinski definition) is 2. The highest BCUT2D eigenvalue weighted by Crippen LogP contribution is 2.25. The van der Waals surface area contributed by atoms with E-state index < -0.39 is 31.1 Å². The van der Waals surface area contributed by atoms with Gasteiger partial charge < -0.3 is 15.4 Å². The Morgan fingerprint density at radius 2 is 1.91 bits per heavy atom. The van der Waals surface area contributed by atoms with Gasteiger partial charge in [-0.25, -0.2) is 0 Å². The van der Waals surface area contributed by atoms with Crippen LogP contribution in [-0.4, -0.2) is 38.2 Å². The molecule has 0 saturated carbocycles. The van der Waals surface area contributed by atoms with Crippen molar-refractivity contribution in [1.82, 2.24) is 10.6 Å². The molecule has 23 heavy (non-hydrogen) atoms. The van der Waals surface area contributed by atoms with E-state index in [1.165, 1.54) is 7.11 Å². The predicted octanol–water partition coefficient (Wildman–Crippen LogP) is 2.18. The van der Waals surface area contributed by atoms with Crippen LogP contribution in [-0.2, 0) is 16.0 Å². The highest BCUT2D eigenvalue weighted by atomic mass is 79.9. The zero-order valence-electron chi connectivity index (χ0n) is 12.3. The Morgan fingerprint density at radius 3 is 2.48 bits per heavy atom. The van der Waals surface area contributed by atoms with E-state index in [4.69, 9.17) is 4.74 Å². The summed E-state index contributed by atoms with van der Waals surface area (Å²) in [6.45, 7) is -1.90. The first-order valence-corrected chi connectivity index (χ1v) is 7.43. The number of methoxy groups -OCH3 is 1. The summed E-state index contributed by atoms with van der Waals surface area (Å²) in [7, 11) is 1.54. The Bertz CT molecular complexity index is 565. The van der Waals surface area contributed by atoms with E-state index in [1.807, 2.05) is 6.07 Å². The minimum absolute atomic E-state index is 0.116. The van der Waals surface area contributed by atoms with Gasteiger partial charge in [0.15, 0.2) is 0 Å². The van der Waals surface area contributed by atoms with Gasteiger partial charge in [0.25, 0.3) is 0 Å². The molecule has 0 aliphatic heterocycles. The fraction of sp³-hybridized carbons (Fsp3) is 0.429. The summed E-state index contributed by atoms with van der Waals surface area (Å²) in [5, 5.41) is 3.94. The second-order valence-electron chi connectivity index (χ2n) is 4.64. The van der Waals surface area contributed by atoms with E-state index in [0.29, 0.717) is 12.2 Å². The maximum Gasteiger partial charge on any atom is 0.405 e. The Labute approximate surface area is 139 Å². The molecule has 9 heteroatoms. The number of aryl methyl sites for hydroxylation is 1. The minimum atomic E-state index is -4.47. The average Bonchev–Trinajstić information content (AvgIpc) is 2.48. The lowest BCUT2D eigenvalue weighted by molar-refractivity contribution is -0.138. The summed E-state index contributed by atoms with van der Waals surface area (Å²) in [5.41, 5.74) is 0.884. The van der Waals surface area contributed by atoms with Crippen LogP contribution in [0.1, 0.15) is 12.0 Å². The Kier molecular flexibility index (Phi) is 7.34. The number of rotatable bonds is 7. The van der Waals surface area contributed by atoms with Gasteiger partial charge >= 0.3 is 6.18 Å². The van der Waals surface area contributed by atoms with Crippen LogP contribution >= 0.6 is 15.9 Å². The van der Waals surface area contributed by atoms with Crippen LogP contribution in [0.15, 0.2) is 22.7 Å². The summed E-state index contributed by atoms with van der Waals surface area (Å²) < 4.78 is 41.5. The van der Waals surface area contributed by atoms with Crippen LogP contribution in [0, 0.1) is 0 Å². The third-order valence-corrected chi connectivity index (χ3v) is 3.41. The van der Waals surface area contributed by atoms with Gasteiger partial charge in [0.1, 0.15) is 12.3 Å². The fourth-order valence-corrected chi connectivity index (χ4v) is 2.24. The number of hydrogen-bond acceptors (Lipinski definition) is 3. The molecular weight excluding hydrogens is 381 g/mol. The Hall–Kier alpha value is -1.77. The van der Waals surface area contributed by atoms with Crippen LogP contribution in [0.25, 0.3) is 0 Å². The zero-order chi connectivity index (χ0) is 17.5. The Balaban J connectivity index is 2.32. The molecule has 5 nitrogen and oxygen atoms in total. The summed E-state index contributed by atoms with van der Waals surface area (Å²) in [6.07, 6.45) is -3.93. The lowest BCUT2D eigenvalue weighted by Crippen LogP contribution is -2.40. The molecular formula is C14H16BrF3N2O3. The first-order chi connectivity index (χ1) is 10.7. The quantitative estimate of drug-likeness (QED) is 0.742. The van der Waals surface area contributed by atoms with Crippen molar-refractivity contribution in [2.75, 3.05) is 20.2 Å². The molecule has 2 amide bonds. The molecule has 0 bridgehead atoms. The van der Waals surface area contributed by atoms with Crippen molar-refractivity contribution in [2.24, 2.45) is 0 Å². The van der Waals surface area contributed by atoms with Crippen molar-refractivity contribution < 1.29 is 27.5 Å². The maximum absolute atomic E-state index is 11.9. The van der Waals surface area contributed by atoms with Gasteiger partial charge in [-0.15, -0.1) is 0 Å². The highest BCUT2D eigenvalue weighted by Gasteiger charge is 2.27. The molecule has 1 aromatic carbocycles. The molecule has 1 aromatic rings. The third-order valence-electron chi connectivity index (χ3n) is 2.79. The largest absolute Gasteiger partial charge is 0.496 e. The van der Waals surface area contributed by atoms with Crippen molar-refractivity contribution in [2.45, 2.75) is 19.0 Å². The van der Waals surface area contributed by atoms with Gasteiger partial charge in [-0.3, -0.25) is 9.59 Å². The molecule has 0 aliphatic rings. The molecule has 0 fully saturated rings. The fourth-order valence-electron chi connectivity index (χ4n) is 1.65. The monoisotopic (exact) mass is 396 g/mol. The van der Waals surface area contributed by atoms with E-state index in [0.717, 1.165) is 10.0 Å². The minimum Gasteiger partial charge on any atom is -0.496 e. The normalized spacial score (nSPS) is 11.0. The van der Waals surface area contributed by atoms with Crippen LogP contribution in [0.4, 0.5) is 13.2 Å². The molecule has 0 radical (unpaired) electrons. The molecule has 0 aliphatic carbocycles. The number of alkyl halides is 3. The SMILES string of the molecule is COc1ccc(CCC(=O)NCC(=O)NCC(F)(F)F)cc1Br. The summed E-state index contributed by atoms with van der Waals surface area (Å²) >= 11 is 3.33. The average molecular weight is 397 g/mol. The van der Waals surface area contributed by atoms with Gasteiger partial charge in [-0.05, 0) is 40.0 Å². The van der Waals surface area contributed by atoms with Gasteiger partial charge in [-0.1, -0.05) is 6.07 Å². The summed E-state index contributed by atoms with van der Waals surface area (Å²) in [6, 6.07) is 5.36. The number of amides is 2. The number of carbonyl (C=O) groups is 2. The second kappa shape index (κ2) is 8.76. The number of carbonyl (C=O) groups excluding carboxylic acids is 2. The lowest BCUT2D eigenvalue weighted by atomic mass is 10.1. The van der Waals surface area contributed by atoms with E-state index in [9.17, 15) is 22.8 Å².